The average molecular weight is 261 g/mol. The summed E-state index contributed by atoms with van der Waals surface area (Å²) in [7, 11) is 0. The molecule has 1 amide bonds. The van der Waals surface area contributed by atoms with Crippen LogP contribution in [-0.2, 0) is 5.41 Å². The molecule has 1 aliphatic rings. The Bertz CT molecular complexity index is 453. The van der Waals surface area contributed by atoms with Crippen LogP contribution in [0, 0.1) is 0 Å². The van der Waals surface area contributed by atoms with Gasteiger partial charge < -0.3 is 10.4 Å². The maximum atomic E-state index is 12.0. The number of rotatable bonds is 3. The largest absolute Gasteiger partial charge is 0.388 e. The van der Waals surface area contributed by atoms with Crippen molar-refractivity contribution in [2.75, 3.05) is 6.54 Å². The number of amides is 1. The van der Waals surface area contributed by atoms with Crippen molar-refractivity contribution >= 4 is 5.91 Å². The van der Waals surface area contributed by atoms with Crippen LogP contribution in [0.25, 0.3) is 0 Å². The van der Waals surface area contributed by atoms with Gasteiger partial charge in [0.05, 0.1) is 5.60 Å². The van der Waals surface area contributed by atoms with Crippen LogP contribution in [0.5, 0.6) is 0 Å². The minimum Gasteiger partial charge on any atom is -0.388 e. The molecule has 0 heterocycles. The van der Waals surface area contributed by atoms with Crippen LogP contribution in [-0.4, -0.2) is 23.2 Å². The van der Waals surface area contributed by atoms with Crippen LogP contribution < -0.4 is 5.32 Å². The highest BCUT2D eigenvalue weighted by molar-refractivity contribution is 5.94. The number of carbonyl (C=O) groups excluding carboxylic acids is 1. The van der Waals surface area contributed by atoms with Gasteiger partial charge in [0, 0.05) is 12.1 Å². The standard InChI is InChI=1S/C16H23NO2/c1-15(2,3)13-7-5-12(6-8-13)14(18)17-11-16(19)9-4-10-16/h5-8,19H,4,9-11H2,1-3H3,(H,17,18). The molecule has 0 saturated heterocycles. The molecule has 1 aromatic rings. The highest BCUT2D eigenvalue weighted by Gasteiger charge is 2.34. The lowest BCUT2D eigenvalue weighted by atomic mass is 9.80. The molecular weight excluding hydrogens is 238 g/mol. The first kappa shape index (κ1) is 14.1. The zero-order valence-corrected chi connectivity index (χ0v) is 12.0. The first-order valence-corrected chi connectivity index (χ1v) is 6.91. The van der Waals surface area contributed by atoms with E-state index in [1.807, 2.05) is 24.3 Å². The monoisotopic (exact) mass is 261 g/mol. The van der Waals surface area contributed by atoms with Gasteiger partial charge in [-0.25, -0.2) is 0 Å². The second-order valence-corrected chi connectivity index (χ2v) is 6.59. The van der Waals surface area contributed by atoms with E-state index in [9.17, 15) is 9.90 Å². The third-order valence-corrected chi connectivity index (χ3v) is 3.88. The summed E-state index contributed by atoms with van der Waals surface area (Å²) in [6, 6.07) is 7.68. The van der Waals surface area contributed by atoms with E-state index in [0.29, 0.717) is 12.1 Å². The summed E-state index contributed by atoms with van der Waals surface area (Å²) in [6.07, 6.45) is 2.62. The van der Waals surface area contributed by atoms with E-state index >= 15 is 0 Å². The Morgan fingerprint density at radius 1 is 1.26 bits per heavy atom. The van der Waals surface area contributed by atoms with E-state index < -0.39 is 5.60 Å². The number of hydrogen-bond acceptors (Lipinski definition) is 2. The Morgan fingerprint density at radius 2 is 1.84 bits per heavy atom. The van der Waals surface area contributed by atoms with E-state index in [0.717, 1.165) is 19.3 Å². The molecule has 1 saturated carbocycles. The van der Waals surface area contributed by atoms with E-state index in [4.69, 9.17) is 0 Å². The second-order valence-electron chi connectivity index (χ2n) is 6.59. The molecule has 2 N–H and O–H groups in total. The zero-order valence-electron chi connectivity index (χ0n) is 12.0. The van der Waals surface area contributed by atoms with Crippen LogP contribution >= 0.6 is 0 Å². The third-order valence-electron chi connectivity index (χ3n) is 3.88. The summed E-state index contributed by atoms with van der Waals surface area (Å²) in [5.74, 6) is -0.110. The van der Waals surface area contributed by atoms with Crippen molar-refractivity contribution in [3.8, 4) is 0 Å². The quantitative estimate of drug-likeness (QED) is 0.878. The fourth-order valence-electron chi connectivity index (χ4n) is 2.23. The average Bonchev–Trinajstić information content (AvgIpc) is 2.33. The lowest BCUT2D eigenvalue weighted by molar-refractivity contribution is -0.0300. The Hall–Kier alpha value is -1.35. The Labute approximate surface area is 115 Å². The van der Waals surface area contributed by atoms with Gasteiger partial charge in [0.2, 0.25) is 0 Å². The van der Waals surface area contributed by atoms with Crippen molar-refractivity contribution in [2.24, 2.45) is 0 Å². The molecule has 0 aliphatic heterocycles. The first-order valence-electron chi connectivity index (χ1n) is 6.91. The van der Waals surface area contributed by atoms with Crippen molar-refractivity contribution in [2.45, 2.75) is 51.0 Å². The number of carbonyl (C=O) groups is 1. The number of nitrogens with one attached hydrogen (secondary N) is 1. The van der Waals surface area contributed by atoms with Crippen LogP contribution in [0.15, 0.2) is 24.3 Å². The molecular formula is C16H23NO2. The molecule has 0 atom stereocenters. The van der Waals surface area contributed by atoms with Gasteiger partial charge in [-0.1, -0.05) is 32.9 Å². The lowest BCUT2D eigenvalue weighted by Gasteiger charge is -2.36. The summed E-state index contributed by atoms with van der Waals surface area (Å²) in [5, 5.41) is 12.8. The van der Waals surface area contributed by atoms with Gasteiger partial charge in [-0.05, 0) is 42.4 Å². The van der Waals surface area contributed by atoms with E-state index in [1.165, 1.54) is 5.56 Å². The summed E-state index contributed by atoms with van der Waals surface area (Å²) in [4.78, 5) is 12.0. The minimum absolute atomic E-state index is 0.0933. The van der Waals surface area contributed by atoms with Gasteiger partial charge >= 0.3 is 0 Å². The van der Waals surface area contributed by atoms with E-state index in [-0.39, 0.29) is 11.3 Å². The smallest absolute Gasteiger partial charge is 0.251 e. The van der Waals surface area contributed by atoms with Gasteiger partial charge in [-0.2, -0.15) is 0 Å². The van der Waals surface area contributed by atoms with E-state index in [2.05, 4.69) is 26.1 Å². The van der Waals surface area contributed by atoms with Crippen LogP contribution in [0.4, 0.5) is 0 Å². The van der Waals surface area contributed by atoms with Gasteiger partial charge in [-0.3, -0.25) is 4.79 Å². The number of aliphatic hydroxyl groups is 1. The fraction of sp³-hybridized carbons (Fsp3) is 0.562. The topological polar surface area (TPSA) is 49.3 Å². The molecule has 1 aromatic carbocycles. The molecule has 0 spiro atoms. The lowest BCUT2D eigenvalue weighted by Crippen LogP contribution is -2.47. The Kier molecular flexibility index (Phi) is 3.68. The summed E-state index contributed by atoms with van der Waals surface area (Å²) < 4.78 is 0. The van der Waals surface area contributed by atoms with Crippen LogP contribution in [0.3, 0.4) is 0 Å². The SMILES string of the molecule is CC(C)(C)c1ccc(C(=O)NCC2(O)CCC2)cc1. The zero-order chi connectivity index (χ0) is 14.1. The highest BCUT2D eigenvalue weighted by Crippen LogP contribution is 2.30. The Morgan fingerprint density at radius 3 is 2.26 bits per heavy atom. The summed E-state index contributed by atoms with van der Waals surface area (Å²) in [6.45, 7) is 6.80. The molecule has 104 valence electrons. The Balaban J connectivity index is 1.96. The molecule has 2 rings (SSSR count). The number of hydrogen-bond donors (Lipinski definition) is 2. The fourth-order valence-corrected chi connectivity index (χ4v) is 2.23. The van der Waals surface area contributed by atoms with E-state index in [1.54, 1.807) is 0 Å². The van der Waals surface area contributed by atoms with Gasteiger partial charge in [0.1, 0.15) is 0 Å². The molecule has 1 fully saturated rings. The number of benzene rings is 1. The van der Waals surface area contributed by atoms with Crippen molar-refractivity contribution in [3.63, 3.8) is 0 Å². The molecule has 3 nitrogen and oxygen atoms in total. The third kappa shape index (κ3) is 3.35. The van der Waals surface area contributed by atoms with Crippen LogP contribution in [0.2, 0.25) is 0 Å². The van der Waals surface area contributed by atoms with Gasteiger partial charge in [-0.15, -0.1) is 0 Å². The maximum absolute atomic E-state index is 12.0. The van der Waals surface area contributed by atoms with Crippen molar-refractivity contribution in [1.29, 1.82) is 0 Å². The summed E-state index contributed by atoms with van der Waals surface area (Å²) in [5.41, 5.74) is 1.29. The highest BCUT2D eigenvalue weighted by atomic mass is 16.3. The molecule has 0 bridgehead atoms. The maximum Gasteiger partial charge on any atom is 0.251 e. The van der Waals surface area contributed by atoms with Gasteiger partial charge in [0.25, 0.3) is 5.91 Å². The minimum atomic E-state index is -0.666. The molecule has 0 radical (unpaired) electrons. The van der Waals surface area contributed by atoms with Crippen molar-refractivity contribution in [3.05, 3.63) is 35.4 Å². The van der Waals surface area contributed by atoms with Crippen LogP contribution in [0.1, 0.15) is 56.0 Å². The second kappa shape index (κ2) is 4.97. The van der Waals surface area contributed by atoms with Crippen molar-refractivity contribution in [1.82, 2.24) is 5.32 Å². The van der Waals surface area contributed by atoms with Crippen molar-refractivity contribution < 1.29 is 9.90 Å². The first-order chi connectivity index (χ1) is 8.80. The normalized spacial score (nSPS) is 17.7. The molecule has 1 aliphatic carbocycles. The van der Waals surface area contributed by atoms with Gasteiger partial charge in [0.15, 0.2) is 0 Å². The molecule has 3 heteroatoms. The predicted molar refractivity (Wildman–Crippen MR) is 76.3 cm³/mol. The summed E-state index contributed by atoms with van der Waals surface area (Å²) >= 11 is 0. The predicted octanol–water partition coefficient (Wildman–Crippen LogP) is 2.63. The molecule has 0 aromatic heterocycles. The molecule has 19 heavy (non-hydrogen) atoms. The molecule has 0 unspecified atom stereocenters.